The van der Waals surface area contributed by atoms with Crippen molar-refractivity contribution in [3.05, 3.63) is 30.3 Å². The van der Waals surface area contributed by atoms with Crippen LogP contribution in [-0.4, -0.2) is 43.1 Å². The molecule has 0 saturated carbocycles. The predicted octanol–water partition coefficient (Wildman–Crippen LogP) is 2.09. The van der Waals surface area contributed by atoms with Gasteiger partial charge in [0, 0.05) is 31.6 Å². The van der Waals surface area contributed by atoms with Gasteiger partial charge in [-0.1, -0.05) is 19.2 Å². The predicted molar refractivity (Wildman–Crippen MR) is 71.1 cm³/mol. The van der Waals surface area contributed by atoms with Gasteiger partial charge in [-0.25, -0.2) is 4.98 Å². The monoisotopic (exact) mass is 235 g/mol. The Morgan fingerprint density at radius 2 is 2.12 bits per heavy atom. The zero-order valence-electron chi connectivity index (χ0n) is 9.65. The van der Waals surface area contributed by atoms with Crippen molar-refractivity contribution in [2.75, 3.05) is 38.1 Å². The normalized spacial score (nSPS) is 17.4. The van der Waals surface area contributed by atoms with E-state index < -0.39 is 0 Å². The molecule has 0 unspecified atom stereocenters. The number of hydrogen-bond donors (Lipinski definition) is 0. The maximum absolute atomic E-state index is 4.58. The molecule has 1 aromatic heterocycles. The highest BCUT2D eigenvalue weighted by atomic mass is 32.1. The molecule has 3 nitrogen and oxygen atoms in total. The Kier molecular flexibility index (Phi) is 3.41. The molecule has 2 heterocycles. The number of nitrogens with zero attached hydrogens (tertiary/aromatic N) is 3. The van der Waals surface area contributed by atoms with E-state index in [2.05, 4.69) is 40.4 Å². The highest BCUT2D eigenvalue weighted by Gasteiger charge is 2.17. The summed E-state index contributed by atoms with van der Waals surface area (Å²) >= 11 is 1.69. The Hall–Kier alpha value is -1.13. The van der Waals surface area contributed by atoms with Crippen molar-refractivity contribution >= 4 is 22.0 Å². The molecular weight excluding hydrogens is 218 g/mol. The first kappa shape index (κ1) is 11.4. The quantitative estimate of drug-likeness (QED) is 0.748. The zero-order valence-corrected chi connectivity index (χ0v) is 10.5. The third-order valence-corrected chi connectivity index (χ3v) is 3.74. The van der Waals surface area contributed by atoms with Gasteiger partial charge in [0.1, 0.15) is 0 Å². The minimum absolute atomic E-state index is 0.900. The van der Waals surface area contributed by atoms with Crippen LogP contribution in [0.1, 0.15) is 5.69 Å². The zero-order chi connectivity index (χ0) is 11.5. The van der Waals surface area contributed by atoms with Crippen LogP contribution < -0.4 is 4.90 Å². The van der Waals surface area contributed by atoms with Crippen LogP contribution in [0.2, 0.25) is 0 Å². The summed E-state index contributed by atoms with van der Waals surface area (Å²) in [5.74, 6) is 0. The molecule has 16 heavy (non-hydrogen) atoms. The molecular formula is C12H17N3S. The molecule has 1 aliphatic rings. The molecule has 1 saturated heterocycles. The fourth-order valence-electron chi connectivity index (χ4n) is 1.66. The molecule has 1 fully saturated rings. The minimum Gasteiger partial charge on any atom is -0.346 e. The van der Waals surface area contributed by atoms with Crippen LogP contribution in [0.3, 0.4) is 0 Å². The van der Waals surface area contributed by atoms with Crippen molar-refractivity contribution < 1.29 is 0 Å². The van der Waals surface area contributed by atoms with E-state index in [4.69, 9.17) is 0 Å². The summed E-state index contributed by atoms with van der Waals surface area (Å²) in [6, 6.07) is 0. The maximum atomic E-state index is 4.58. The number of likely N-dealkylation sites (N-methyl/N-ethyl adjacent to an activating group) is 1. The molecule has 0 aromatic carbocycles. The summed E-state index contributed by atoms with van der Waals surface area (Å²) in [5.41, 5.74) is 1.85. The van der Waals surface area contributed by atoms with Gasteiger partial charge >= 0.3 is 0 Å². The summed E-state index contributed by atoms with van der Waals surface area (Å²) in [5, 5.41) is 3.16. The van der Waals surface area contributed by atoms with Gasteiger partial charge in [0.2, 0.25) is 0 Å². The second-order valence-corrected chi connectivity index (χ2v) is 4.87. The molecule has 0 radical (unpaired) electrons. The van der Waals surface area contributed by atoms with E-state index in [1.807, 2.05) is 0 Å². The fraction of sp³-hybridized carbons (Fsp3) is 0.417. The lowest BCUT2D eigenvalue weighted by Crippen LogP contribution is -2.44. The smallest absolute Gasteiger partial charge is 0.185 e. The average Bonchev–Trinajstić information content (AvgIpc) is 2.78. The van der Waals surface area contributed by atoms with E-state index >= 15 is 0 Å². The number of thiazole rings is 1. The van der Waals surface area contributed by atoms with Crippen LogP contribution in [0, 0.1) is 0 Å². The van der Waals surface area contributed by atoms with Crippen LogP contribution in [-0.2, 0) is 0 Å². The molecule has 4 heteroatoms. The van der Waals surface area contributed by atoms with Crippen LogP contribution in [0.15, 0.2) is 24.6 Å². The van der Waals surface area contributed by atoms with E-state index in [1.54, 1.807) is 17.4 Å². The van der Waals surface area contributed by atoms with Crippen molar-refractivity contribution in [3.8, 4) is 0 Å². The second-order valence-electron chi connectivity index (χ2n) is 4.04. The van der Waals surface area contributed by atoms with Gasteiger partial charge < -0.3 is 9.80 Å². The summed E-state index contributed by atoms with van der Waals surface area (Å²) in [6.45, 7) is 12.0. The lowest BCUT2D eigenvalue weighted by Gasteiger charge is -2.32. The van der Waals surface area contributed by atoms with E-state index in [1.165, 1.54) is 0 Å². The first-order valence-corrected chi connectivity index (χ1v) is 6.29. The molecule has 1 aromatic rings. The standard InChI is InChI=1S/C12H17N3S/c1-4-10(2)11-9-16-12(13-11)15-7-5-14(3)6-8-15/h4,9H,1-2,5-8H2,3H3. The van der Waals surface area contributed by atoms with Gasteiger partial charge in [0.25, 0.3) is 0 Å². The second kappa shape index (κ2) is 4.80. The number of piperazine rings is 1. The first-order valence-electron chi connectivity index (χ1n) is 5.41. The van der Waals surface area contributed by atoms with Crippen molar-refractivity contribution in [1.29, 1.82) is 0 Å². The van der Waals surface area contributed by atoms with Gasteiger partial charge in [-0.2, -0.15) is 0 Å². The van der Waals surface area contributed by atoms with Crippen LogP contribution in [0.5, 0.6) is 0 Å². The maximum Gasteiger partial charge on any atom is 0.185 e. The minimum atomic E-state index is 0.900. The van der Waals surface area contributed by atoms with Crippen LogP contribution in [0.25, 0.3) is 5.57 Å². The van der Waals surface area contributed by atoms with Crippen LogP contribution in [0.4, 0.5) is 5.13 Å². The van der Waals surface area contributed by atoms with Crippen LogP contribution >= 0.6 is 11.3 Å². The topological polar surface area (TPSA) is 19.4 Å². The average molecular weight is 235 g/mol. The summed E-state index contributed by atoms with van der Waals surface area (Å²) < 4.78 is 0. The Morgan fingerprint density at radius 1 is 1.44 bits per heavy atom. The third-order valence-electron chi connectivity index (χ3n) is 2.84. The Bertz CT molecular complexity index is 389. The van der Waals surface area contributed by atoms with E-state index in [0.29, 0.717) is 0 Å². The number of hydrogen-bond acceptors (Lipinski definition) is 4. The first-order chi connectivity index (χ1) is 7.70. The van der Waals surface area contributed by atoms with Crippen molar-refractivity contribution in [2.24, 2.45) is 0 Å². The Labute approximate surface area is 101 Å². The number of anilines is 1. The fourth-order valence-corrected chi connectivity index (χ4v) is 2.56. The molecule has 0 bridgehead atoms. The van der Waals surface area contributed by atoms with Crippen molar-refractivity contribution in [2.45, 2.75) is 0 Å². The molecule has 0 amide bonds. The summed E-state index contributed by atoms with van der Waals surface area (Å²) in [6.07, 6.45) is 1.75. The van der Waals surface area contributed by atoms with E-state index in [-0.39, 0.29) is 0 Å². The molecule has 0 spiro atoms. The van der Waals surface area contributed by atoms with Gasteiger partial charge in [0.15, 0.2) is 5.13 Å². The third kappa shape index (κ3) is 2.33. The van der Waals surface area contributed by atoms with Gasteiger partial charge in [-0.15, -0.1) is 11.3 Å². The molecule has 0 atom stereocenters. The van der Waals surface area contributed by atoms with E-state index in [0.717, 1.165) is 42.6 Å². The number of allylic oxidation sites excluding steroid dienone is 2. The van der Waals surface area contributed by atoms with Gasteiger partial charge in [-0.3, -0.25) is 0 Å². The molecule has 2 rings (SSSR count). The van der Waals surface area contributed by atoms with E-state index in [9.17, 15) is 0 Å². The Balaban J connectivity index is 2.07. The molecule has 86 valence electrons. The lowest BCUT2D eigenvalue weighted by atomic mass is 10.2. The van der Waals surface area contributed by atoms with Crippen molar-refractivity contribution in [1.82, 2.24) is 9.88 Å². The van der Waals surface area contributed by atoms with Gasteiger partial charge in [0.05, 0.1) is 5.69 Å². The number of rotatable bonds is 3. The molecule has 1 aliphatic heterocycles. The molecule has 0 N–H and O–H groups in total. The SMILES string of the molecule is C=CC(=C)c1csc(N2CCN(C)CC2)n1. The largest absolute Gasteiger partial charge is 0.346 e. The highest BCUT2D eigenvalue weighted by Crippen LogP contribution is 2.25. The lowest BCUT2D eigenvalue weighted by molar-refractivity contribution is 0.312. The number of aromatic nitrogens is 1. The Morgan fingerprint density at radius 3 is 2.75 bits per heavy atom. The summed E-state index contributed by atoms with van der Waals surface area (Å²) in [7, 11) is 2.16. The summed E-state index contributed by atoms with van der Waals surface area (Å²) in [4.78, 5) is 9.26. The highest BCUT2D eigenvalue weighted by molar-refractivity contribution is 7.13. The van der Waals surface area contributed by atoms with Gasteiger partial charge in [-0.05, 0) is 12.6 Å². The molecule has 0 aliphatic carbocycles. The van der Waals surface area contributed by atoms with Crippen molar-refractivity contribution in [3.63, 3.8) is 0 Å².